The van der Waals surface area contributed by atoms with Gasteiger partial charge < -0.3 is 23.7 Å². The molecule has 116 valence electrons. The van der Waals surface area contributed by atoms with Crippen LogP contribution in [0.2, 0.25) is 0 Å². The Labute approximate surface area is 129 Å². The highest BCUT2D eigenvalue weighted by Gasteiger charge is 2.29. The zero-order valence-corrected chi connectivity index (χ0v) is 13.3. The lowest BCUT2D eigenvalue weighted by molar-refractivity contribution is 0.295. The average molecular weight is 302 g/mol. The summed E-state index contributed by atoms with van der Waals surface area (Å²) < 4.78 is 28.3. The highest BCUT2D eigenvalue weighted by molar-refractivity contribution is 5.69. The van der Waals surface area contributed by atoms with Crippen molar-refractivity contribution in [1.29, 1.82) is 0 Å². The van der Waals surface area contributed by atoms with E-state index in [-0.39, 0.29) is 0 Å². The molecule has 0 aliphatic carbocycles. The number of hydrogen-bond donors (Lipinski definition) is 0. The second-order valence-electron chi connectivity index (χ2n) is 5.09. The van der Waals surface area contributed by atoms with E-state index in [2.05, 4.69) is 0 Å². The van der Waals surface area contributed by atoms with Gasteiger partial charge in [0.2, 0.25) is 17.2 Å². The molecule has 2 aromatic carbocycles. The quantitative estimate of drug-likeness (QED) is 0.724. The number of rotatable bonds is 3. The Bertz CT molecular complexity index is 737. The molecule has 5 heteroatoms. The van der Waals surface area contributed by atoms with Crippen LogP contribution in [0.3, 0.4) is 0 Å². The number of aryl methyl sites for hydroxylation is 2. The highest BCUT2D eigenvalue weighted by atomic mass is 16.6. The summed E-state index contributed by atoms with van der Waals surface area (Å²) in [6.07, 6.45) is 0. The van der Waals surface area contributed by atoms with E-state index in [0.29, 0.717) is 40.2 Å². The third-order valence-electron chi connectivity index (χ3n) is 3.57. The van der Waals surface area contributed by atoms with Gasteiger partial charge >= 0.3 is 0 Å². The molecule has 0 N–H and O–H groups in total. The number of methoxy groups -OCH3 is 3. The molecule has 0 amide bonds. The summed E-state index contributed by atoms with van der Waals surface area (Å²) in [5.74, 6) is 3.98. The Morgan fingerprint density at radius 3 is 2.09 bits per heavy atom. The lowest BCUT2D eigenvalue weighted by atomic mass is 10.1. The summed E-state index contributed by atoms with van der Waals surface area (Å²) >= 11 is 0. The second-order valence-corrected chi connectivity index (χ2v) is 5.09. The molecule has 1 aliphatic rings. The maximum Gasteiger partial charge on any atom is 0.216 e. The Hall–Kier alpha value is -2.56. The molecule has 0 radical (unpaired) electrons. The molecule has 0 bridgehead atoms. The van der Waals surface area contributed by atoms with Gasteiger partial charge in [0, 0.05) is 0 Å². The van der Waals surface area contributed by atoms with Crippen molar-refractivity contribution in [3.05, 3.63) is 29.3 Å². The lowest BCUT2D eigenvalue weighted by Crippen LogP contribution is -2.05. The summed E-state index contributed by atoms with van der Waals surface area (Å²) in [6, 6.07) is 5.67. The number of hydrogen-bond acceptors (Lipinski definition) is 5. The van der Waals surface area contributed by atoms with Crippen molar-refractivity contribution in [3.63, 3.8) is 0 Å². The minimum absolute atomic E-state index is 0.494. The molecule has 0 spiro atoms. The van der Waals surface area contributed by atoms with Crippen molar-refractivity contribution in [2.45, 2.75) is 13.8 Å². The van der Waals surface area contributed by atoms with Gasteiger partial charge in [-0.25, -0.2) is 0 Å². The van der Waals surface area contributed by atoms with Crippen molar-refractivity contribution in [3.8, 4) is 40.2 Å². The fourth-order valence-corrected chi connectivity index (χ4v) is 2.53. The van der Waals surface area contributed by atoms with E-state index < -0.39 is 0 Å². The topological polar surface area (TPSA) is 46.2 Å². The van der Waals surface area contributed by atoms with Crippen molar-refractivity contribution < 1.29 is 23.7 Å². The van der Waals surface area contributed by atoms with Gasteiger partial charge in [-0.05, 0) is 43.2 Å². The van der Waals surface area contributed by atoms with Crippen LogP contribution >= 0.6 is 0 Å². The molecular weight excluding hydrogens is 284 g/mol. The van der Waals surface area contributed by atoms with E-state index in [1.165, 1.54) is 0 Å². The minimum Gasteiger partial charge on any atom is -0.493 e. The first-order valence-corrected chi connectivity index (χ1v) is 6.89. The van der Waals surface area contributed by atoms with Gasteiger partial charge in [0.05, 0.1) is 21.3 Å². The monoisotopic (exact) mass is 302 g/mol. The van der Waals surface area contributed by atoms with Gasteiger partial charge in [-0.1, -0.05) is 0 Å². The third-order valence-corrected chi connectivity index (χ3v) is 3.57. The van der Waals surface area contributed by atoms with E-state index in [9.17, 15) is 0 Å². The van der Waals surface area contributed by atoms with Crippen LogP contribution in [-0.4, -0.2) is 21.3 Å². The van der Waals surface area contributed by atoms with Gasteiger partial charge in [0.25, 0.3) is 0 Å². The number of fused-ring (bicyclic) bond motifs is 2. The van der Waals surface area contributed by atoms with E-state index in [4.69, 9.17) is 23.7 Å². The number of ether oxygens (including phenoxy) is 5. The molecule has 3 rings (SSSR count). The molecule has 0 aromatic heterocycles. The van der Waals surface area contributed by atoms with Gasteiger partial charge in [-0.15, -0.1) is 0 Å². The molecule has 0 saturated heterocycles. The standard InChI is InChI=1S/C17H18O5/c1-9-6-11(18-3)15-13(7-9)21-14-10(2)8-12(19-4)16(20-5)17(14)22-15/h6-8H,1-5H3. The van der Waals surface area contributed by atoms with Crippen LogP contribution in [0.4, 0.5) is 0 Å². The highest BCUT2D eigenvalue weighted by Crippen LogP contribution is 2.56. The normalized spacial score (nSPS) is 11.7. The summed E-state index contributed by atoms with van der Waals surface area (Å²) in [7, 11) is 4.76. The molecule has 0 fully saturated rings. The van der Waals surface area contributed by atoms with Gasteiger partial charge in [0.15, 0.2) is 23.0 Å². The van der Waals surface area contributed by atoms with Crippen molar-refractivity contribution in [1.82, 2.24) is 0 Å². The smallest absolute Gasteiger partial charge is 0.216 e. The van der Waals surface area contributed by atoms with E-state index >= 15 is 0 Å². The summed E-state index contributed by atoms with van der Waals surface area (Å²) in [5.41, 5.74) is 1.93. The van der Waals surface area contributed by atoms with Crippen LogP contribution < -0.4 is 23.7 Å². The maximum atomic E-state index is 6.04. The van der Waals surface area contributed by atoms with Gasteiger partial charge in [-0.2, -0.15) is 0 Å². The average Bonchev–Trinajstić information content (AvgIpc) is 2.52. The molecule has 0 unspecified atom stereocenters. The van der Waals surface area contributed by atoms with Crippen LogP contribution in [0.1, 0.15) is 11.1 Å². The van der Waals surface area contributed by atoms with Crippen LogP contribution in [0.15, 0.2) is 18.2 Å². The van der Waals surface area contributed by atoms with Gasteiger partial charge in [0.1, 0.15) is 0 Å². The SMILES string of the molecule is COc1cc(C)cc2c1Oc1c(c(C)cc(OC)c1OC)O2. The molecule has 0 atom stereocenters. The predicted molar refractivity (Wildman–Crippen MR) is 82.2 cm³/mol. The predicted octanol–water partition coefficient (Wildman–Crippen LogP) is 4.23. The molecule has 1 aliphatic heterocycles. The van der Waals surface area contributed by atoms with Crippen molar-refractivity contribution in [2.24, 2.45) is 0 Å². The zero-order chi connectivity index (χ0) is 15.9. The van der Waals surface area contributed by atoms with E-state index in [1.807, 2.05) is 32.0 Å². The summed E-state index contributed by atoms with van der Waals surface area (Å²) in [4.78, 5) is 0. The number of benzene rings is 2. The molecule has 2 aromatic rings. The van der Waals surface area contributed by atoms with Gasteiger partial charge in [-0.3, -0.25) is 0 Å². The summed E-state index contributed by atoms with van der Waals surface area (Å²) in [5, 5.41) is 0. The maximum absolute atomic E-state index is 6.04. The molecule has 0 saturated carbocycles. The van der Waals surface area contributed by atoms with Crippen molar-refractivity contribution >= 4 is 0 Å². The molecular formula is C17H18O5. The van der Waals surface area contributed by atoms with Crippen LogP contribution in [-0.2, 0) is 0 Å². The Morgan fingerprint density at radius 1 is 0.727 bits per heavy atom. The largest absolute Gasteiger partial charge is 0.493 e. The Morgan fingerprint density at radius 2 is 1.45 bits per heavy atom. The lowest BCUT2D eigenvalue weighted by Gasteiger charge is -2.26. The summed E-state index contributed by atoms with van der Waals surface area (Å²) in [6.45, 7) is 3.91. The first kappa shape index (κ1) is 14.4. The second kappa shape index (κ2) is 5.33. The fourth-order valence-electron chi connectivity index (χ4n) is 2.53. The fraction of sp³-hybridized carbons (Fsp3) is 0.294. The zero-order valence-electron chi connectivity index (χ0n) is 13.3. The van der Waals surface area contributed by atoms with Crippen molar-refractivity contribution in [2.75, 3.05) is 21.3 Å². The Kier molecular flexibility index (Phi) is 3.48. The van der Waals surface area contributed by atoms with E-state index in [0.717, 1.165) is 11.1 Å². The van der Waals surface area contributed by atoms with Crippen LogP contribution in [0.5, 0.6) is 40.2 Å². The molecule has 5 nitrogen and oxygen atoms in total. The first-order chi connectivity index (χ1) is 10.6. The van der Waals surface area contributed by atoms with Crippen LogP contribution in [0.25, 0.3) is 0 Å². The first-order valence-electron chi connectivity index (χ1n) is 6.89. The Balaban J connectivity index is 2.21. The molecule has 22 heavy (non-hydrogen) atoms. The third kappa shape index (κ3) is 2.09. The van der Waals surface area contributed by atoms with Crippen LogP contribution in [0, 0.1) is 13.8 Å². The van der Waals surface area contributed by atoms with E-state index in [1.54, 1.807) is 21.3 Å². The molecule has 1 heterocycles. The minimum atomic E-state index is 0.494.